The van der Waals surface area contributed by atoms with E-state index < -0.39 is 0 Å². The van der Waals surface area contributed by atoms with E-state index in [4.69, 9.17) is 0 Å². The second-order valence-corrected chi connectivity index (χ2v) is 6.06. The highest BCUT2D eigenvalue weighted by Crippen LogP contribution is 2.19. The van der Waals surface area contributed by atoms with Crippen molar-refractivity contribution in [3.63, 3.8) is 0 Å². The Morgan fingerprint density at radius 3 is 2.52 bits per heavy atom. The third-order valence-corrected chi connectivity index (χ3v) is 3.92. The van der Waals surface area contributed by atoms with Gasteiger partial charge in [0, 0.05) is 30.7 Å². The van der Waals surface area contributed by atoms with E-state index in [1.54, 1.807) is 0 Å². The van der Waals surface area contributed by atoms with Crippen LogP contribution in [0, 0.1) is 11.8 Å². The summed E-state index contributed by atoms with van der Waals surface area (Å²) in [4.78, 5) is 17.7. The number of benzene rings is 1. The molecule has 0 aliphatic carbocycles. The summed E-state index contributed by atoms with van der Waals surface area (Å²) in [6.45, 7) is 0. The molecule has 3 aromatic rings. The fraction of sp³-hybridized carbons (Fsp3) is 0.111. The molecule has 0 spiro atoms. The molecule has 0 radical (unpaired) electrons. The monoisotopic (exact) mass is 367 g/mol. The molecule has 0 unspecified atom stereocenters. The number of hydrogen-bond donors (Lipinski definition) is 0. The van der Waals surface area contributed by atoms with Crippen LogP contribution in [0.1, 0.15) is 11.3 Å². The summed E-state index contributed by atoms with van der Waals surface area (Å²) in [7, 11) is 3.99. The van der Waals surface area contributed by atoms with Gasteiger partial charge in [-0.1, -0.05) is 5.92 Å². The van der Waals surface area contributed by atoms with Crippen molar-refractivity contribution >= 4 is 39.1 Å². The van der Waals surface area contributed by atoms with Crippen molar-refractivity contribution in [3.05, 3.63) is 58.3 Å². The Balaban J connectivity index is 2.00. The number of hydrogen-bond acceptors (Lipinski definition) is 3. The maximum atomic E-state index is 11.4. The molecule has 0 aliphatic heterocycles. The minimum absolute atomic E-state index is 0.599. The average molecular weight is 368 g/mol. The van der Waals surface area contributed by atoms with E-state index in [9.17, 15) is 4.79 Å². The lowest BCUT2D eigenvalue weighted by Crippen LogP contribution is -2.07. The molecule has 0 saturated carbocycles. The van der Waals surface area contributed by atoms with Crippen LogP contribution < -0.4 is 4.90 Å². The quantitative estimate of drug-likeness (QED) is 0.396. The molecule has 114 valence electrons. The molecule has 0 bridgehead atoms. The molecule has 23 heavy (non-hydrogen) atoms. The first-order valence-electron chi connectivity index (χ1n) is 7.00. The van der Waals surface area contributed by atoms with Crippen molar-refractivity contribution < 1.29 is 4.79 Å². The van der Waals surface area contributed by atoms with Crippen molar-refractivity contribution in [2.45, 2.75) is 0 Å². The van der Waals surface area contributed by atoms with Crippen LogP contribution in [-0.2, 0) is 4.79 Å². The highest BCUT2D eigenvalue weighted by molar-refractivity contribution is 9.10. The third-order valence-electron chi connectivity index (χ3n) is 3.48. The van der Waals surface area contributed by atoms with Crippen molar-refractivity contribution in [2.24, 2.45) is 0 Å². The van der Waals surface area contributed by atoms with Gasteiger partial charge in [0.15, 0.2) is 0 Å². The summed E-state index contributed by atoms with van der Waals surface area (Å²) >= 11 is 3.32. The summed E-state index contributed by atoms with van der Waals surface area (Å²) in [5, 5.41) is 0.882. The van der Waals surface area contributed by atoms with Gasteiger partial charge in [0.1, 0.15) is 15.9 Å². The molecule has 0 atom stereocenters. The molecule has 2 aromatic heterocycles. The Bertz CT molecular complexity index is 931. The van der Waals surface area contributed by atoms with Crippen molar-refractivity contribution in [1.29, 1.82) is 0 Å². The normalized spacial score (nSPS) is 10.2. The fourth-order valence-electron chi connectivity index (χ4n) is 2.25. The summed E-state index contributed by atoms with van der Waals surface area (Å²) in [6.07, 6.45) is 0.737. The molecule has 0 fully saturated rings. The second kappa shape index (κ2) is 6.27. The van der Waals surface area contributed by atoms with Crippen LogP contribution in [0.2, 0.25) is 0 Å². The predicted octanol–water partition coefficient (Wildman–Crippen LogP) is 3.30. The topological polar surface area (TPSA) is 38.1 Å². The predicted molar refractivity (Wildman–Crippen MR) is 96.3 cm³/mol. The highest BCUT2D eigenvalue weighted by atomic mass is 79.9. The molecular weight excluding hydrogens is 354 g/mol. The van der Waals surface area contributed by atoms with Crippen molar-refractivity contribution in [2.75, 3.05) is 19.0 Å². The number of fused-ring (bicyclic) bond motifs is 1. The largest absolute Gasteiger partial charge is 0.378 e. The van der Waals surface area contributed by atoms with Crippen LogP contribution in [0.15, 0.2) is 47.1 Å². The van der Waals surface area contributed by atoms with Crippen molar-refractivity contribution in [1.82, 2.24) is 9.55 Å². The van der Waals surface area contributed by atoms with E-state index in [0.29, 0.717) is 15.9 Å². The van der Waals surface area contributed by atoms with E-state index >= 15 is 0 Å². The van der Waals surface area contributed by atoms with Gasteiger partial charge in [0.2, 0.25) is 6.41 Å². The minimum Gasteiger partial charge on any atom is -0.378 e. The zero-order chi connectivity index (χ0) is 16.4. The summed E-state index contributed by atoms with van der Waals surface area (Å²) in [6, 6.07) is 13.6. The number of rotatable bonds is 2. The maximum Gasteiger partial charge on any atom is 0.220 e. The number of carbonyl (C=O) groups is 1. The number of halogens is 1. The standard InChI is InChI=1S/C18H14BrN3O/c1-21(2)15-7-3-13(4-8-15)5-9-16-11-14-6-10-17(19)20-18(14)22(16)12-23/h3-4,6-8,10-12H,1-2H3. The van der Waals surface area contributed by atoms with Gasteiger partial charge in [0.05, 0.1) is 0 Å². The SMILES string of the molecule is CN(C)c1ccc(C#Cc2cc3ccc(Br)nc3n2C=O)cc1. The van der Waals surface area contributed by atoms with Gasteiger partial charge in [-0.05, 0) is 64.3 Å². The van der Waals surface area contributed by atoms with Gasteiger partial charge >= 0.3 is 0 Å². The molecular formula is C18H14BrN3O. The van der Waals surface area contributed by atoms with E-state index in [1.165, 1.54) is 4.57 Å². The molecule has 3 rings (SSSR count). The first-order chi connectivity index (χ1) is 11.1. The smallest absolute Gasteiger partial charge is 0.220 e. The first-order valence-corrected chi connectivity index (χ1v) is 7.80. The van der Waals surface area contributed by atoms with E-state index in [0.717, 1.165) is 23.0 Å². The van der Waals surface area contributed by atoms with Gasteiger partial charge in [-0.25, -0.2) is 4.98 Å². The molecule has 0 N–H and O–H groups in total. The highest BCUT2D eigenvalue weighted by Gasteiger charge is 2.08. The van der Waals surface area contributed by atoms with Crippen molar-refractivity contribution in [3.8, 4) is 11.8 Å². The van der Waals surface area contributed by atoms with Crippen LogP contribution in [0.3, 0.4) is 0 Å². The lowest BCUT2D eigenvalue weighted by molar-refractivity contribution is 0.548. The molecule has 0 amide bonds. The Morgan fingerprint density at radius 2 is 1.87 bits per heavy atom. The van der Waals surface area contributed by atoms with Crippen LogP contribution in [0.5, 0.6) is 0 Å². The molecule has 1 aromatic carbocycles. The van der Waals surface area contributed by atoms with Crippen LogP contribution in [-0.4, -0.2) is 30.1 Å². The van der Waals surface area contributed by atoms with E-state index in [-0.39, 0.29) is 0 Å². The van der Waals surface area contributed by atoms with Crippen LogP contribution >= 0.6 is 15.9 Å². The second-order valence-electron chi connectivity index (χ2n) is 5.24. The number of pyridine rings is 1. The van der Waals surface area contributed by atoms with Crippen LogP contribution in [0.4, 0.5) is 5.69 Å². The molecule has 0 aliphatic rings. The minimum atomic E-state index is 0.599. The lowest BCUT2D eigenvalue weighted by atomic mass is 10.2. The lowest BCUT2D eigenvalue weighted by Gasteiger charge is -2.11. The Morgan fingerprint density at radius 1 is 1.13 bits per heavy atom. The third kappa shape index (κ3) is 3.13. The molecule has 4 nitrogen and oxygen atoms in total. The summed E-state index contributed by atoms with van der Waals surface area (Å²) in [5.74, 6) is 6.14. The number of nitrogens with zero attached hydrogens (tertiary/aromatic N) is 3. The summed E-state index contributed by atoms with van der Waals surface area (Å²) in [5.41, 5.74) is 3.23. The van der Waals surface area contributed by atoms with E-state index in [1.807, 2.05) is 61.5 Å². The fourth-order valence-corrected chi connectivity index (χ4v) is 2.55. The average Bonchev–Trinajstić information content (AvgIpc) is 2.90. The molecule has 2 heterocycles. The first kappa shape index (κ1) is 15.3. The molecule has 5 heteroatoms. The van der Waals surface area contributed by atoms with Gasteiger partial charge in [-0.3, -0.25) is 9.36 Å². The number of carbonyl (C=O) groups excluding carboxylic acids is 1. The number of anilines is 1. The zero-order valence-electron chi connectivity index (χ0n) is 12.7. The van der Waals surface area contributed by atoms with Gasteiger partial charge < -0.3 is 4.90 Å². The summed E-state index contributed by atoms with van der Waals surface area (Å²) < 4.78 is 2.14. The van der Waals surface area contributed by atoms with Crippen LogP contribution in [0.25, 0.3) is 11.0 Å². The van der Waals surface area contributed by atoms with Gasteiger partial charge in [-0.2, -0.15) is 0 Å². The van der Waals surface area contributed by atoms with Gasteiger partial charge in [0.25, 0.3) is 0 Å². The van der Waals surface area contributed by atoms with E-state index in [2.05, 4.69) is 32.8 Å². The van der Waals surface area contributed by atoms with Gasteiger partial charge in [-0.15, -0.1) is 0 Å². The Kier molecular flexibility index (Phi) is 4.18. The maximum absolute atomic E-state index is 11.4. The number of aromatic nitrogens is 2. The zero-order valence-corrected chi connectivity index (χ0v) is 14.3. The Hall–Kier alpha value is -2.58. The molecule has 0 saturated heterocycles. The Labute approximate surface area is 142 Å².